The number of hydrogen-bond donors (Lipinski definition) is 1. The van der Waals surface area contributed by atoms with E-state index in [1.807, 2.05) is 6.07 Å². The lowest BCUT2D eigenvalue weighted by Gasteiger charge is -2.13. The first kappa shape index (κ1) is 18.1. The molecule has 0 amide bonds. The van der Waals surface area contributed by atoms with Gasteiger partial charge in [-0.1, -0.05) is 12.1 Å². The smallest absolute Gasteiger partial charge is 0.379 e. The van der Waals surface area contributed by atoms with Crippen LogP contribution >= 0.6 is 11.8 Å². The largest absolute Gasteiger partial charge is 0.398 e. The molecule has 0 unspecified atom stereocenters. The molecule has 0 radical (unpaired) electrons. The van der Waals surface area contributed by atoms with Gasteiger partial charge < -0.3 is 5.32 Å². The summed E-state index contributed by atoms with van der Waals surface area (Å²) < 4.78 is 51.0. The van der Waals surface area contributed by atoms with Crippen LogP contribution in [0.1, 0.15) is 16.7 Å². The summed E-state index contributed by atoms with van der Waals surface area (Å²) in [4.78, 5) is 0.385. The van der Waals surface area contributed by atoms with Crippen LogP contribution in [0.5, 0.6) is 0 Å². The van der Waals surface area contributed by atoms with Crippen LogP contribution in [0.2, 0.25) is 0 Å². The molecule has 0 fully saturated rings. The monoisotopic (exact) mass is 354 g/mol. The van der Waals surface area contributed by atoms with Crippen LogP contribution in [0.15, 0.2) is 41.3 Å². The molecule has 2 aromatic carbocycles. The number of hydrogen-bond acceptors (Lipinski definition) is 3. The van der Waals surface area contributed by atoms with E-state index in [1.54, 1.807) is 31.2 Å². The fourth-order valence-electron chi connectivity index (χ4n) is 2.00. The Balaban J connectivity index is 2.10. The minimum atomic E-state index is -4.28. The number of nitrogens with one attached hydrogen (secondary N) is 1. The van der Waals surface area contributed by atoms with Crippen LogP contribution in [0.3, 0.4) is 0 Å². The summed E-state index contributed by atoms with van der Waals surface area (Å²) in [6.45, 7) is 1.88. The molecule has 7 heteroatoms. The van der Waals surface area contributed by atoms with Gasteiger partial charge in [0.15, 0.2) is 0 Å². The van der Waals surface area contributed by atoms with Crippen molar-refractivity contribution in [2.75, 3.05) is 11.1 Å². The third kappa shape index (κ3) is 5.17. The van der Waals surface area contributed by atoms with Crippen molar-refractivity contribution in [1.29, 1.82) is 5.26 Å². The second-order valence-electron chi connectivity index (χ2n) is 5.16. The van der Waals surface area contributed by atoms with Crippen molar-refractivity contribution in [3.8, 4) is 6.07 Å². The highest BCUT2D eigenvalue weighted by Crippen LogP contribution is 2.32. The molecule has 0 spiro atoms. The van der Waals surface area contributed by atoms with E-state index in [9.17, 15) is 17.6 Å². The van der Waals surface area contributed by atoms with E-state index in [4.69, 9.17) is 5.26 Å². The van der Waals surface area contributed by atoms with Crippen molar-refractivity contribution < 1.29 is 17.6 Å². The topological polar surface area (TPSA) is 35.8 Å². The molecule has 0 aliphatic heterocycles. The summed E-state index contributed by atoms with van der Waals surface area (Å²) in [7, 11) is 0. The maximum absolute atomic E-state index is 14.0. The third-order valence-electron chi connectivity index (χ3n) is 3.22. The Labute approximate surface area is 141 Å². The van der Waals surface area contributed by atoms with Crippen molar-refractivity contribution in [3.05, 3.63) is 58.9 Å². The van der Waals surface area contributed by atoms with E-state index in [0.29, 0.717) is 34.3 Å². The zero-order chi connectivity index (χ0) is 17.7. The maximum atomic E-state index is 14.0. The number of thioether (sulfide) groups is 1. The first-order chi connectivity index (χ1) is 11.3. The van der Waals surface area contributed by atoms with Crippen molar-refractivity contribution in [3.63, 3.8) is 0 Å². The van der Waals surface area contributed by atoms with Gasteiger partial charge in [-0.3, -0.25) is 0 Å². The average molecular weight is 354 g/mol. The number of nitrogens with zero attached hydrogens (tertiary/aromatic N) is 1. The summed E-state index contributed by atoms with van der Waals surface area (Å²) in [6, 6.07) is 11.4. The zero-order valence-corrected chi connectivity index (χ0v) is 13.6. The first-order valence-corrected chi connectivity index (χ1v) is 7.99. The zero-order valence-electron chi connectivity index (χ0n) is 12.7. The van der Waals surface area contributed by atoms with E-state index in [-0.39, 0.29) is 5.69 Å². The normalized spacial score (nSPS) is 11.2. The predicted molar refractivity (Wildman–Crippen MR) is 86.4 cm³/mol. The van der Waals surface area contributed by atoms with E-state index in [2.05, 4.69) is 5.32 Å². The number of alkyl halides is 3. The molecule has 0 heterocycles. The van der Waals surface area contributed by atoms with Crippen molar-refractivity contribution in [2.24, 2.45) is 0 Å². The molecule has 0 aliphatic carbocycles. The van der Waals surface area contributed by atoms with Crippen molar-refractivity contribution in [2.45, 2.75) is 24.5 Å². The van der Waals surface area contributed by atoms with Crippen LogP contribution in [-0.4, -0.2) is 11.9 Å². The van der Waals surface area contributed by atoms with Gasteiger partial charge in [-0.25, -0.2) is 4.39 Å². The average Bonchev–Trinajstić information content (AvgIpc) is 2.52. The molecule has 24 heavy (non-hydrogen) atoms. The van der Waals surface area contributed by atoms with Crippen LogP contribution in [0, 0.1) is 24.1 Å². The minimum Gasteiger partial charge on any atom is -0.379 e. The second kappa shape index (κ2) is 7.58. The van der Waals surface area contributed by atoms with Gasteiger partial charge in [0.25, 0.3) is 0 Å². The van der Waals surface area contributed by atoms with E-state index >= 15 is 0 Å². The molecule has 0 saturated heterocycles. The molecule has 0 bridgehead atoms. The van der Waals surface area contributed by atoms with E-state index in [0.717, 1.165) is 5.56 Å². The molecule has 126 valence electrons. The van der Waals surface area contributed by atoms with Crippen molar-refractivity contribution in [1.82, 2.24) is 0 Å². The molecular formula is C17H14F4N2S. The number of aryl methyl sites for hydroxylation is 1. The molecular weight excluding hydrogens is 340 g/mol. The van der Waals surface area contributed by atoms with E-state index in [1.165, 1.54) is 12.1 Å². The van der Waals surface area contributed by atoms with Gasteiger partial charge in [0.1, 0.15) is 5.82 Å². The van der Waals surface area contributed by atoms with Gasteiger partial charge in [-0.15, -0.1) is 11.8 Å². The van der Waals surface area contributed by atoms with Gasteiger partial charge in [0, 0.05) is 11.4 Å². The summed E-state index contributed by atoms with van der Waals surface area (Å²) >= 11 is 0.636. The summed E-state index contributed by atoms with van der Waals surface area (Å²) in [5.41, 5.74) is 1.96. The summed E-state index contributed by atoms with van der Waals surface area (Å²) in [6.07, 6.45) is -4.28. The number of rotatable bonds is 5. The Morgan fingerprint density at radius 3 is 2.42 bits per heavy atom. The fraction of sp³-hybridized carbons (Fsp3) is 0.235. The van der Waals surface area contributed by atoms with Gasteiger partial charge in [-0.2, -0.15) is 18.4 Å². The molecule has 0 saturated carbocycles. The molecule has 1 N–H and O–H groups in total. The molecule has 0 aromatic heterocycles. The third-order valence-corrected chi connectivity index (χ3v) is 4.44. The Kier molecular flexibility index (Phi) is 5.73. The predicted octanol–water partition coefficient (Wildman–Crippen LogP) is 5.27. The minimum absolute atomic E-state index is 0.148. The SMILES string of the molecule is Cc1cc(F)c(NCc2ccc(C#N)cc2)cc1SCC(F)(F)F. The fourth-order valence-corrected chi connectivity index (χ4v) is 2.80. The number of halogens is 4. The summed E-state index contributed by atoms with van der Waals surface area (Å²) in [5.74, 6) is -1.54. The Morgan fingerprint density at radius 1 is 1.17 bits per heavy atom. The molecule has 2 rings (SSSR count). The molecule has 0 atom stereocenters. The Morgan fingerprint density at radius 2 is 1.83 bits per heavy atom. The highest BCUT2D eigenvalue weighted by atomic mass is 32.2. The summed E-state index contributed by atoms with van der Waals surface area (Å²) in [5, 5.41) is 11.6. The van der Waals surface area contributed by atoms with Gasteiger partial charge >= 0.3 is 6.18 Å². The van der Waals surface area contributed by atoms with Gasteiger partial charge in [0.2, 0.25) is 0 Å². The number of benzene rings is 2. The van der Waals surface area contributed by atoms with Crippen LogP contribution in [0.4, 0.5) is 23.2 Å². The van der Waals surface area contributed by atoms with Crippen LogP contribution < -0.4 is 5.32 Å². The molecule has 2 aromatic rings. The lowest BCUT2D eigenvalue weighted by molar-refractivity contribution is -0.105. The maximum Gasteiger partial charge on any atom is 0.398 e. The van der Waals surface area contributed by atoms with Gasteiger partial charge in [0.05, 0.1) is 23.1 Å². The van der Waals surface area contributed by atoms with Crippen LogP contribution in [-0.2, 0) is 6.54 Å². The first-order valence-electron chi connectivity index (χ1n) is 7.01. The Hall–Kier alpha value is -2.20. The Bertz CT molecular complexity index is 749. The highest BCUT2D eigenvalue weighted by Gasteiger charge is 2.27. The van der Waals surface area contributed by atoms with Gasteiger partial charge in [-0.05, 0) is 42.3 Å². The van der Waals surface area contributed by atoms with Crippen LogP contribution in [0.25, 0.3) is 0 Å². The molecule has 2 nitrogen and oxygen atoms in total. The van der Waals surface area contributed by atoms with Crippen molar-refractivity contribution >= 4 is 17.4 Å². The second-order valence-corrected chi connectivity index (χ2v) is 6.18. The molecule has 0 aliphatic rings. The highest BCUT2D eigenvalue weighted by molar-refractivity contribution is 7.99. The number of anilines is 1. The standard InChI is InChI=1S/C17H14F4N2S/c1-11-6-14(18)15(7-16(11)24-10-17(19,20)21)23-9-13-4-2-12(8-22)3-5-13/h2-7,23H,9-10H2,1H3. The lowest BCUT2D eigenvalue weighted by atomic mass is 10.1. The quantitative estimate of drug-likeness (QED) is 0.587. The number of nitriles is 1. The van der Waals surface area contributed by atoms with E-state index < -0.39 is 17.7 Å². The lowest BCUT2D eigenvalue weighted by Crippen LogP contribution is -2.11.